The van der Waals surface area contributed by atoms with Gasteiger partial charge in [0.1, 0.15) is 17.8 Å². The van der Waals surface area contributed by atoms with E-state index in [0.717, 1.165) is 28.9 Å². The minimum absolute atomic E-state index is 0.0441. The molecule has 2 N–H and O–H groups in total. The summed E-state index contributed by atoms with van der Waals surface area (Å²) in [7, 11) is 0. The number of nitrogens with zero attached hydrogens (tertiary/aromatic N) is 3. The largest absolute Gasteiger partial charge is 0.365 e. The van der Waals surface area contributed by atoms with Crippen LogP contribution in [-0.2, 0) is 4.79 Å². The highest BCUT2D eigenvalue weighted by Crippen LogP contribution is 2.23. The first kappa shape index (κ1) is 18.1. The maximum absolute atomic E-state index is 11.8. The first-order valence-electron chi connectivity index (χ1n) is 8.91. The van der Waals surface area contributed by atoms with Gasteiger partial charge in [0.15, 0.2) is 0 Å². The summed E-state index contributed by atoms with van der Waals surface area (Å²) in [6.07, 6.45) is 3.72. The normalized spacial score (nSPS) is 15.9. The number of hydrogen-bond acceptors (Lipinski definition) is 4. The molecule has 1 amide bonds. The van der Waals surface area contributed by atoms with Crippen molar-refractivity contribution >= 4 is 34.4 Å². The molecular weight excluding hydrogens is 374 g/mol. The van der Waals surface area contributed by atoms with Crippen LogP contribution in [0.2, 0.25) is 5.02 Å². The van der Waals surface area contributed by atoms with Crippen molar-refractivity contribution in [2.75, 3.05) is 18.4 Å². The van der Waals surface area contributed by atoms with Gasteiger partial charge in [0, 0.05) is 29.7 Å². The number of carbonyl (C=O) groups is 1. The van der Waals surface area contributed by atoms with Gasteiger partial charge in [-0.15, -0.1) is 0 Å². The maximum Gasteiger partial charge on any atom is 0.246 e. The van der Waals surface area contributed by atoms with E-state index >= 15 is 0 Å². The number of aromatic nitrogens is 3. The van der Waals surface area contributed by atoms with E-state index in [1.54, 1.807) is 4.90 Å². The van der Waals surface area contributed by atoms with Crippen LogP contribution in [0.15, 0.2) is 49.3 Å². The highest BCUT2D eigenvalue weighted by atomic mass is 35.5. The molecule has 1 saturated heterocycles. The Labute approximate surface area is 167 Å². The summed E-state index contributed by atoms with van der Waals surface area (Å²) < 4.78 is 0. The molecule has 1 unspecified atom stereocenters. The fourth-order valence-corrected chi connectivity index (χ4v) is 3.42. The Bertz CT molecular complexity index is 1110. The summed E-state index contributed by atoms with van der Waals surface area (Å²) >= 11 is 6.00. The zero-order chi connectivity index (χ0) is 19.5. The van der Waals surface area contributed by atoms with Crippen LogP contribution in [0.3, 0.4) is 0 Å². The first-order valence-corrected chi connectivity index (χ1v) is 9.29. The Kier molecular flexibility index (Phi) is 5.00. The number of benzene rings is 1. The fourth-order valence-electron chi connectivity index (χ4n) is 3.23. The van der Waals surface area contributed by atoms with E-state index in [1.807, 2.05) is 30.3 Å². The monoisotopic (exact) mass is 391 g/mol. The summed E-state index contributed by atoms with van der Waals surface area (Å²) in [6.45, 7) is 4.88. The predicted molar refractivity (Wildman–Crippen MR) is 110 cm³/mol. The van der Waals surface area contributed by atoms with Crippen molar-refractivity contribution in [3.05, 3.63) is 65.6 Å². The summed E-state index contributed by atoms with van der Waals surface area (Å²) in [5.41, 5.74) is 2.30. The number of anilines is 1. The quantitative estimate of drug-likeness (QED) is 0.531. The number of likely N-dealkylation sites (tertiary alicyclic amines) is 1. The molecule has 28 heavy (non-hydrogen) atoms. The third-order valence-electron chi connectivity index (χ3n) is 4.61. The Morgan fingerprint density at radius 3 is 3.07 bits per heavy atom. The topological polar surface area (TPSA) is 73.9 Å². The van der Waals surface area contributed by atoms with Gasteiger partial charge in [-0.1, -0.05) is 30.2 Å². The van der Waals surface area contributed by atoms with E-state index in [1.165, 1.54) is 12.4 Å². The number of fused-ring (bicyclic) bond motifs is 1. The van der Waals surface area contributed by atoms with Gasteiger partial charge in [-0.3, -0.25) is 4.79 Å². The van der Waals surface area contributed by atoms with Gasteiger partial charge in [0.05, 0.1) is 11.1 Å². The number of carbonyl (C=O) groups excluding carboxylic acids is 1. The van der Waals surface area contributed by atoms with E-state index in [2.05, 4.69) is 38.7 Å². The smallest absolute Gasteiger partial charge is 0.246 e. The number of rotatable bonds is 3. The SMILES string of the molecule is C=CC(=O)N1CCC(Nc2ncnc3[nH]c(C#Cc4cccc(Cl)c4)cc23)C1. The molecule has 3 aromatic rings. The number of H-pyrrole nitrogens is 1. The van der Waals surface area contributed by atoms with E-state index in [-0.39, 0.29) is 11.9 Å². The lowest BCUT2D eigenvalue weighted by Crippen LogP contribution is -2.30. The lowest BCUT2D eigenvalue weighted by atomic mass is 10.2. The maximum atomic E-state index is 11.8. The Morgan fingerprint density at radius 1 is 1.36 bits per heavy atom. The van der Waals surface area contributed by atoms with Gasteiger partial charge in [-0.05, 0) is 42.7 Å². The summed E-state index contributed by atoms with van der Waals surface area (Å²) in [4.78, 5) is 25.4. The van der Waals surface area contributed by atoms with Crippen LogP contribution in [0.4, 0.5) is 5.82 Å². The molecule has 0 spiro atoms. The van der Waals surface area contributed by atoms with Crippen molar-refractivity contribution in [2.45, 2.75) is 12.5 Å². The molecule has 1 atom stereocenters. The van der Waals surface area contributed by atoms with Crippen LogP contribution >= 0.6 is 11.6 Å². The van der Waals surface area contributed by atoms with Gasteiger partial charge in [0.2, 0.25) is 5.91 Å². The molecule has 1 fully saturated rings. The van der Waals surface area contributed by atoms with E-state index in [4.69, 9.17) is 11.6 Å². The van der Waals surface area contributed by atoms with Gasteiger partial charge in [-0.25, -0.2) is 9.97 Å². The highest BCUT2D eigenvalue weighted by Gasteiger charge is 2.25. The standard InChI is InChI=1S/C21H18ClN5O/c1-2-19(28)27-9-8-17(12-27)26-21-18-11-16(25-20(18)23-13-24-21)7-6-14-4-3-5-15(22)10-14/h2-5,10-11,13,17H,1,8-9,12H2,(H2,23,24,25,26). The number of hydrogen-bond donors (Lipinski definition) is 2. The molecule has 1 aromatic carbocycles. The van der Waals surface area contributed by atoms with Gasteiger partial charge >= 0.3 is 0 Å². The van der Waals surface area contributed by atoms with Crippen LogP contribution in [0.25, 0.3) is 11.0 Å². The summed E-state index contributed by atoms with van der Waals surface area (Å²) in [5.74, 6) is 6.88. The number of aromatic amines is 1. The lowest BCUT2D eigenvalue weighted by molar-refractivity contribution is -0.125. The highest BCUT2D eigenvalue weighted by molar-refractivity contribution is 6.30. The van der Waals surface area contributed by atoms with Gasteiger partial charge in [-0.2, -0.15) is 0 Å². The molecule has 0 bridgehead atoms. The van der Waals surface area contributed by atoms with Gasteiger partial charge in [0.25, 0.3) is 0 Å². The van der Waals surface area contributed by atoms with Crippen molar-refractivity contribution in [1.29, 1.82) is 0 Å². The molecule has 2 aromatic heterocycles. The number of nitrogens with one attached hydrogen (secondary N) is 2. The molecule has 0 radical (unpaired) electrons. The van der Waals surface area contributed by atoms with Crippen LogP contribution in [-0.4, -0.2) is 44.9 Å². The average molecular weight is 392 g/mol. The predicted octanol–water partition coefficient (Wildman–Crippen LogP) is 3.21. The molecule has 3 heterocycles. The Hall–Kier alpha value is -3.30. The second-order valence-electron chi connectivity index (χ2n) is 6.55. The molecule has 0 aliphatic carbocycles. The molecule has 4 rings (SSSR count). The van der Waals surface area contributed by atoms with E-state index in [9.17, 15) is 4.79 Å². The molecule has 0 saturated carbocycles. The van der Waals surface area contributed by atoms with E-state index in [0.29, 0.717) is 23.8 Å². The summed E-state index contributed by atoms with van der Waals surface area (Å²) in [5, 5.41) is 4.94. The van der Waals surface area contributed by atoms with Crippen molar-refractivity contribution in [3.63, 3.8) is 0 Å². The van der Waals surface area contributed by atoms with Crippen LogP contribution in [0, 0.1) is 11.8 Å². The van der Waals surface area contributed by atoms with E-state index < -0.39 is 0 Å². The van der Waals surface area contributed by atoms with Gasteiger partial charge < -0.3 is 15.2 Å². The number of amides is 1. The molecule has 6 nitrogen and oxygen atoms in total. The fraction of sp³-hybridized carbons (Fsp3) is 0.190. The third-order valence-corrected chi connectivity index (χ3v) is 4.84. The second kappa shape index (κ2) is 7.75. The minimum atomic E-state index is -0.0441. The van der Waals surface area contributed by atoms with Crippen LogP contribution < -0.4 is 5.32 Å². The molecule has 1 aliphatic rings. The Balaban J connectivity index is 1.55. The van der Waals surface area contributed by atoms with Crippen molar-refractivity contribution in [1.82, 2.24) is 19.9 Å². The molecular formula is C21H18ClN5O. The average Bonchev–Trinajstić information content (AvgIpc) is 3.33. The number of halogens is 1. The minimum Gasteiger partial charge on any atom is -0.365 e. The zero-order valence-corrected chi connectivity index (χ0v) is 15.8. The molecule has 7 heteroatoms. The summed E-state index contributed by atoms with van der Waals surface area (Å²) in [6, 6.07) is 9.48. The van der Waals surface area contributed by atoms with Crippen LogP contribution in [0.5, 0.6) is 0 Å². The van der Waals surface area contributed by atoms with Crippen molar-refractivity contribution in [2.24, 2.45) is 0 Å². The third kappa shape index (κ3) is 3.85. The Morgan fingerprint density at radius 2 is 2.25 bits per heavy atom. The van der Waals surface area contributed by atoms with Crippen molar-refractivity contribution < 1.29 is 4.79 Å². The first-order chi connectivity index (χ1) is 13.6. The zero-order valence-electron chi connectivity index (χ0n) is 15.1. The lowest BCUT2D eigenvalue weighted by Gasteiger charge is -2.15. The van der Waals surface area contributed by atoms with Crippen molar-refractivity contribution in [3.8, 4) is 11.8 Å². The molecule has 1 aliphatic heterocycles. The molecule has 140 valence electrons. The van der Waals surface area contributed by atoms with Crippen LogP contribution in [0.1, 0.15) is 17.7 Å². The second-order valence-corrected chi connectivity index (χ2v) is 6.98.